The largest absolute Gasteiger partial charge is 0.494 e. The van der Waals surface area contributed by atoms with Crippen molar-refractivity contribution in [2.24, 2.45) is 11.7 Å². The zero-order chi connectivity index (χ0) is 30.9. The molecule has 3 atom stereocenters. The van der Waals surface area contributed by atoms with Gasteiger partial charge < -0.3 is 29.2 Å². The lowest BCUT2D eigenvalue weighted by molar-refractivity contribution is 0.0700. The van der Waals surface area contributed by atoms with Gasteiger partial charge in [-0.05, 0) is 67.6 Å². The molecule has 232 valence electrons. The Hall–Kier alpha value is -5.09. The van der Waals surface area contributed by atoms with Crippen LogP contribution in [0.15, 0.2) is 79.0 Å². The molecule has 1 saturated heterocycles. The number of para-hydroxylation sites is 3. The van der Waals surface area contributed by atoms with Crippen molar-refractivity contribution in [2.75, 3.05) is 20.3 Å². The molecule has 9 rings (SSSR count). The van der Waals surface area contributed by atoms with E-state index in [1.54, 1.807) is 7.11 Å². The summed E-state index contributed by atoms with van der Waals surface area (Å²) in [5, 5.41) is 6.11. The van der Waals surface area contributed by atoms with Crippen LogP contribution in [0.1, 0.15) is 35.3 Å². The van der Waals surface area contributed by atoms with E-state index in [0.717, 1.165) is 70.9 Å². The van der Waals surface area contributed by atoms with E-state index in [2.05, 4.69) is 39.5 Å². The number of nitrogens with two attached hydrogens (primary N) is 1. The van der Waals surface area contributed by atoms with E-state index in [4.69, 9.17) is 25.3 Å². The van der Waals surface area contributed by atoms with Gasteiger partial charge in [-0.1, -0.05) is 30.3 Å². The number of aryl methyl sites for hydroxylation is 1. The number of nitrogens with zero attached hydrogens (tertiary/aromatic N) is 6. The normalized spacial score (nSPS) is 20.7. The molecule has 1 saturated carbocycles. The van der Waals surface area contributed by atoms with Crippen molar-refractivity contribution in [2.45, 2.75) is 44.4 Å². The smallest absolute Gasteiger partial charge is 0.254 e. The molecule has 0 radical (unpaired) electrons. The third kappa shape index (κ3) is 4.16. The average Bonchev–Trinajstić information content (AvgIpc) is 3.91. The van der Waals surface area contributed by atoms with Crippen LogP contribution in [0, 0.1) is 5.92 Å². The van der Waals surface area contributed by atoms with Crippen LogP contribution in [-0.2, 0) is 13.1 Å². The van der Waals surface area contributed by atoms with Gasteiger partial charge in [0.05, 0.1) is 37.2 Å². The minimum atomic E-state index is -0.0103. The SMILES string of the molecule is COc1cc(C(=O)N2CC3CCC2[C@@H]3N)cc2nc3n(c12)Cc1ccn(n1)-c1ccccc1OCCCn1c-3cc2ccccc21. The summed E-state index contributed by atoms with van der Waals surface area (Å²) in [5.41, 5.74) is 12.5. The molecule has 46 heavy (non-hydrogen) atoms. The molecule has 3 aromatic heterocycles. The Kier molecular flexibility index (Phi) is 6.21. The predicted octanol–water partition coefficient (Wildman–Crippen LogP) is 5.24. The Labute approximate surface area is 265 Å². The summed E-state index contributed by atoms with van der Waals surface area (Å²) >= 11 is 0. The van der Waals surface area contributed by atoms with E-state index >= 15 is 0 Å². The van der Waals surface area contributed by atoms with Gasteiger partial charge in [-0.3, -0.25) is 4.79 Å². The lowest BCUT2D eigenvalue weighted by atomic mass is 10.1. The number of benzene rings is 3. The second-order valence-corrected chi connectivity index (χ2v) is 12.7. The number of methoxy groups -OCH3 is 1. The van der Waals surface area contributed by atoms with Gasteiger partial charge in [0.2, 0.25) is 0 Å². The number of imidazole rings is 1. The fraction of sp³-hybridized carbons (Fsp3) is 0.306. The number of fused-ring (bicyclic) bond motifs is 13. The summed E-state index contributed by atoms with van der Waals surface area (Å²) in [4.78, 5) is 21.2. The minimum absolute atomic E-state index is 0.0103. The molecule has 2 aliphatic heterocycles. The topological polar surface area (TPSA) is 105 Å². The molecule has 1 aliphatic carbocycles. The average molecular weight is 614 g/mol. The molecule has 3 aliphatic rings. The van der Waals surface area contributed by atoms with Gasteiger partial charge in [0, 0.05) is 47.8 Å². The number of piperidine rings is 1. The highest BCUT2D eigenvalue weighted by atomic mass is 16.5. The molecule has 2 unspecified atom stereocenters. The summed E-state index contributed by atoms with van der Waals surface area (Å²) < 4.78 is 18.7. The molecule has 0 spiro atoms. The van der Waals surface area contributed by atoms with E-state index < -0.39 is 0 Å². The summed E-state index contributed by atoms with van der Waals surface area (Å²) in [7, 11) is 1.66. The first kappa shape index (κ1) is 27.2. The molecule has 10 nitrogen and oxygen atoms in total. The van der Waals surface area contributed by atoms with Crippen molar-refractivity contribution in [3.8, 4) is 28.7 Å². The van der Waals surface area contributed by atoms with E-state index in [1.165, 1.54) is 0 Å². The van der Waals surface area contributed by atoms with E-state index in [-0.39, 0.29) is 18.0 Å². The predicted molar refractivity (Wildman–Crippen MR) is 176 cm³/mol. The monoisotopic (exact) mass is 613 g/mol. The van der Waals surface area contributed by atoms with Crippen LogP contribution >= 0.6 is 0 Å². The summed E-state index contributed by atoms with van der Waals surface area (Å²) in [6.07, 6.45) is 4.82. The number of amides is 1. The molecular formula is C36H35N7O3. The number of carbonyl (C=O) groups is 1. The van der Waals surface area contributed by atoms with Crippen LogP contribution < -0.4 is 15.2 Å². The van der Waals surface area contributed by atoms with Crippen LogP contribution in [0.25, 0.3) is 39.1 Å². The highest BCUT2D eigenvalue weighted by molar-refractivity contribution is 6.00. The van der Waals surface area contributed by atoms with E-state index in [9.17, 15) is 4.79 Å². The Morgan fingerprint density at radius 1 is 1.02 bits per heavy atom. The molecule has 5 heterocycles. The number of hydrogen-bond donors (Lipinski definition) is 1. The molecule has 1 amide bonds. The van der Waals surface area contributed by atoms with Crippen molar-refractivity contribution < 1.29 is 14.3 Å². The highest BCUT2D eigenvalue weighted by Crippen LogP contribution is 2.40. The van der Waals surface area contributed by atoms with Crippen LogP contribution in [0.2, 0.25) is 0 Å². The van der Waals surface area contributed by atoms with Crippen molar-refractivity contribution >= 4 is 27.8 Å². The van der Waals surface area contributed by atoms with E-state index in [0.29, 0.717) is 42.4 Å². The maximum Gasteiger partial charge on any atom is 0.254 e. The first-order valence-electron chi connectivity index (χ1n) is 16.1. The van der Waals surface area contributed by atoms with Crippen LogP contribution in [-0.4, -0.2) is 67.1 Å². The maximum atomic E-state index is 13.9. The van der Waals surface area contributed by atoms with Gasteiger partial charge >= 0.3 is 0 Å². The maximum absolute atomic E-state index is 13.9. The Bertz CT molecular complexity index is 2140. The molecular weight excluding hydrogens is 578 g/mol. The summed E-state index contributed by atoms with van der Waals surface area (Å²) in [5.74, 6) is 2.57. The number of hydrogen-bond acceptors (Lipinski definition) is 6. The van der Waals surface area contributed by atoms with Crippen molar-refractivity contribution in [3.63, 3.8) is 0 Å². The summed E-state index contributed by atoms with van der Waals surface area (Å²) in [6.45, 7) is 2.46. The number of likely N-dealkylation sites (tertiary alicyclic amines) is 1. The Morgan fingerprint density at radius 2 is 1.89 bits per heavy atom. The van der Waals surface area contributed by atoms with Crippen LogP contribution in [0.4, 0.5) is 0 Å². The van der Waals surface area contributed by atoms with Gasteiger partial charge in [0.25, 0.3) is 5.91 Å². The lowest BCUT2D eigenvalue weighted by Gasteiger charge is -2.27. The van der Waals surface area contributed by atoms with Crippen LogP contribution in [0.5, 0.6) is 11.5 Å². The lowest BCUT2D eigenvalue weighted by Crippen LogP contribution is -2.41. The first-order chi connectivity index (χ1) is 22.6. The molecule has 10 heteroatoms. The minimum Gasteiger partial charge on any atom is -0.494 e. The van der Waals surface area contributed by atoms with Crippen molar-refractivity contribution in [1.29, 1.82) is 0 Å². The number of ether oxygens (including phenoxy) is 2. The first-order valence-corrected chi connectivity index (χ1v) is 16.1. The third-order valence-corrected chi connectivity index (χ3v) is 10.1. The third-order valence-electron chi connectivity index (χ3n) is 10.1. The Morgan fingerprint density at radius 3 is 2.74 bits per heavy atom. The molecule has 6 aromatic rings. The van der Waals surface area contributed by atoms with Crippen molar-refractivity contribution in [3.05, 3.63) is 90.3 Å². The molecule has 2 fully saturated rings. The fourth-order valence-electron chi connectivity index (χ4n) is 7.86. The molecule has 3 aromatic carbocycles. The molecule has 4 bridgehead atoms. The van der Waals surface area contributed by atoms with E-state index in [1.807, 2.05) is 58.2 Å². The second kappa shape index (κ2) is 10.5. The summed E-state index contributed by atoms with van der Waals surface area (Å²) in [6, 6.07) is 24.6. The van der Waals surface area contributed by atoms with Crippen molar-refractivity contribution in [1.82, 2.24) is 28.8 Å². The zero-order valence-electron chi connectivity index (χ0n) is 25.7. The van der Waals surface area contributed by atoms with Gasteiger partial charge in [0.15, 0.2) is 5.82 Å². The second-order valence-electron chi connectivity index (χ2n) is 12.7. The number of rotatable bonds is 2. The zero-order valence-corrected chi connectivity index (χ0v) is 25.7. The number of carbonyl (C=O) groups excluding carboxylic acids is 1. The van der Waals surface area contributed by atoms with Gasteiger partial charge in [0.1, 0.15) is 22.7 Å². The Balaban J connectivity index is 1.24. The van der Waals surface area contributed by atoms with Gasteiger partial charge in [-0.15, -0.1) is 0 Å². The fourth-order valence-corrected chi connectivity index (χ4v) is 7.86. The standard InChI is InChI=1S/C36H35N7O3/c1-45-32-19-24(36(44)41-20-23-11-12-29(41)33(23)37)17-26-34(32)42-21-25-13-15-43(39-25)28-9-4-5-10-31(28)46-16-6-14-40-27-8-3-2-7-22(27)18-30(40)35(42)38-26/h2-5,7-10,13,15,17-19,23,29,33H,6,11-12,14,16,20-21,37H2,1H3/t23?,29?,33-/m1/s1. The number of aromatic nitrogens is 5. The van der Waals surface area contributed by atoms with Gasteiger partial charge in [-0.2, -0.15) is 5.10 Å². The quantitative estimate of drug-likeness (QED) is 0.286. The highest BCUT2D eigenvalue weighted by Gasteiger charge is 2.47. The molecule has 2 N–H and O–H groups in total. The van der Waals surface area contributed by atoms with Gasteiger partial charge in [-0.25, -0.2) is 9.67 Å². The van der Waals surface area contributed by atoms with Crippen LogP contribution in [0.3, 0.4) is 0 Å².